The predicted octanol–water partition coefficient (Wildman–Crippen LogP) is 13.2. The highest BCUT2D eigenvalue weighted by Crippen LogP contribution is 2.41. The van der Waals surface area contributed by atoms with E-state index in [2.05, 4.69) is 46.2 Å². The lowest BCUT2D eigenvalue weighted by molar-refractivity contribution is 0.317. The van der Waals surface area contributed by atoms with E-state index in [4.69, 9.17) is 49.8 Å². The number of rotatable bonds is 22. The molecule has 86 heavy (non-hydrogen) atoms. The topological polar surface area (TPSA) is 396 Å². The van der Waals surface area contributed by atoms with Crippen LogP contribution in [-0.4, -0.2) is 87.8 Å². The lowest BCUT2D eigenvalue weighted by Gasteiger charge is -2.11. The number of ether oxygens (including phenoxy) is 3. The fraction of sp³-hybridized carbons (Fsp3) is 0.214. The summed E-state index contributed by atoms with van der Waals surface area (Å²) < 4.78 is 132. The van der Waals surface area contributed by atoms with E-state index in [-0.39, 0.29) is 44.3 Å². The number of aryl methyl sites for hydroxylation is 5. The van der Waals surface area contributed by atoms with Gasteiger partial charge in [-0.3, -0.25) is 9.11 Å². The van der Waals surface area contributed by atoms with Crippen molar-refractivity contribution >= 4 is 120 Å². The molecule has 0 saturated carbocycles. The highest BCUT2D eigenvalue weighted by molar-refractivity contribution is 7.86. The number of phenols is 1. The van der Waals surface area contributed by atoms with Crippen molar-refractivity contribution in [2.45, 2.75) is 47.5 Å². The van der Waals surface area contributed by atoms with Crippen LogP contribution in [0.25, 0.3) is 21.5 Å². The average Bonchev–Trinajstić information content (AvgIpc) is 2.23. The number of benzene rings is 8. The number of nitrogens with two attached hydrogens (primary N) is 1. The summed E-state index contributed by atoms with van der Waals surface area (Å²) in [6.07, 6.45) is 0.135. The molecule has 0 radical (unpaired) electrons. The van der Waals surface area contributed by atoms with Crippen LogP contribution in [0.3, 0.4) is 0 Å². The van der Waals surface area contributed by atoms with Crippen molar-refractivity contribution in [2.24, 2.45) is 40.9 Å². The third-order valence-corrected chi connectivity index (χ3v) is 13.8. The van der Waals surface area contributed by atoms with E-state index in [1.807, 2.05) is 107 Å². The SMILES string of the molecule is Cc1cc(N=Nc2cc(OCCCS(=O)(=O)O)c(N=Nc3cc(C)c(N=Nc4ccc5cc(NCOc6ccc(N)cc6)ccc5c4O)cc3C)cc2C)c(C)cc1N=Nc1ccc2cccc(OCCCS(=O)(=O)O)c2c1.O=S(=O)=O.O=S(=O)=O. The standard InChI is InChI=1S/C56H56N10O10S2.2O3S/c1-34-26-50(35(2)25-48(34)61-59-43-15-11-39-9-6-10-54(46(39)31-43)74-21-7-23-77(68,69)70)63-65-52-32-55(75-22-8-24-78(71,72)73)53(29-38(52)5)66-64-51-28-36(3)49(27-37(51)4)62-60-47-20-12-40-30-42(16-19-45(40)56(47)67)58-33-76-44-17-13-41(57)14-18-44;2*1-4(2)3/h6,9-20,25-32,58,67H,7-8,21-24,33,57H2,1-5H3,(H,68,69,70)(H,71,72,73);;. The van der Waals surface area contributed by atoms with E-state index in [1.54, 1.807) is 54.6 Å². The Morgan fingerprint density at radius 3 is 1.44 bits per heavy atom. The van der Waals surface area contributed by atoms with Crippen LogP contribution in [0.1, 0.15) is 40.7 Å². The Kier molecular flexibility index (Phi) is 23.2. The Hall–Kier alpha value is -9.46. The summed E-state index contributed by atoms with van der Waals surface area (Å²) in [5, 5.41) is 53.6. The van der Waals surface area contributed by atoms with Gasteiger partial charge in [0.15, 0.2) is 12.5 Å². The van der Waals surface area contributed by atoms with Crippen molar-refractivity contribution in [3.63, 3.8) is 0 Å². The molecule has 0 spiro atoms. The average molecular weight is 1250 g/mol. The van der Waals surface area contributed by atoms with Crippen molar-refractivity contribution in [1.29, 1.82) is 0 Å². The predicted molar refractivity (Wildman–Crippen MR) is 322 cm³/mol. The molecule has 0 aliphatic heterocycles. The summed E-state index contributed by atoms with van der Waals surface area (Å²) in [6.45, 7) is 9.57. The van der Waals surface area contributed by atoms with Gasteiger partial charge >= 0.3 is 21.2 Å². The van der Waals surface area contributed by atoms with Crippen molar-refractivity contribution in [1.82, 2.24) is 0 Å². The maximum Gasteiger partial charge on any atom is 0.425 e. The summed E-state index contributed by atoms with van der Waals surface area (Å²) in [5.41, 5.74) is 14.9. The second-order valence-electron chi connectivity index (χ2n) is 18.7. The Balaban J connectivity index is 0.00000139. The molecule has 0 amide bonds. The molecule has 0 saturated heterocycles. The number of azo groups is 4. The lowest BCUT2D eigenvalue weighted by atomic mass is 10.1. The molecule has 0 aliphatic carbocycles. The van der Waals surface area contributed by atoms with Gasteiger partial charge in [0.1, 0.15) is 28.6 Å². The van der Waals surface area contributed by atoms with Crippen LogP contribution in [0.4, 0.5) is 56.9 Å². The van der Waals surface area contributed by atoms with Gasteiger partial charge in [-0.05, 0) is 183 Å². The van der Waals surface area contributed by atoms with Crippen LogP contribution >= 0.6 is 0 Å². The van der Waals surface area contributed by atoms with E-state index in [1.165, 1.54) is 0 Å². The highest BCUT2D eigenvalue weighted by atomic mass is 32.2. The molecule has 8 aromatic carbocycles. The molecule has 8 rings (SSSR count). The van der Waals surface area contributed by atoms with Crippen molar-refractivity contribution in [3.8, 4) is 23.0 Å². The molecule has 450 valence electrons. The summed E-state index contributed by atoms with van der Waals surface area (Å²) in [5.74, 6) is 0.572. The first-order valence-electron chi connectivity index (χ1n) is 25.5. The van der Waals surface area contributed by atoms with Gasteiger partial charge in [-0.2, -0.15) is 47.5 Å². The van der Waals surface area contributed by atoms with Crippen molar-refractivity contribution in [2.75, 3.05) is 42.5 Å². The van der Waals surface area contributed by atoms with Gasteiger partial charge < -0.3 is 30.4 Å². The van der Waals surface area contributed by atoms with Crippen molar-refractivity contribution < 1.29 is 70.5 Å². The molecule has 0 atom stereocenters. The number of anilines is 2. The summed E-state index contributed by atoms with van der Waals surface area (Å²) >= 11 is 0. The minimum Gasteiger partial charge on any atom is -0.505 e. The first-order chi connectivity index (χ1) is 40.7. The highest BCUT2D eigenvalue weighted by Gasteiger charge is 2.15. The summed E-state index contributed by atoms with van der Waals surface area (Å²) in [4.78, 5) is 0. The third kappa shape index (κ3) is 20.7. The van der Waals surface area contributed by atoms with E-state index in [0.29, 0.717) is 73.6 Å². The fourth-order valence-corrected chi connectivity index (χ4v) is 8.89. The van der Waals surface area contributed by atoms with Crippen LogP contribution < -0.4 is 25.3 Å². The normalized spacial score (nSPS) is 11.7. The molecule has 8 aromatic rings. The van der Waals surface area contributed by atoms with Gasteiger partial charge in [-0.25, -0.2) is 0 Å². The van der Waals surface area contributed by atoms with Crippen LogP contribution in [0.15, 0.2) is 168 Å². The number of hydrogen-bond donors (Lipinski definition) is 5. The molecule has 0 aromatic heterocycles. The van der Waals surface area contributed by atoms with Crippen molar-refractivity contribution in [3.05, 3.63) is 155 Å². The second kappa shape index (κ2) is 30.4. The fourth-order valence-electron chi connectivity index (χ4n) is 7.93. The quantitative estimate of drug-likeness (QED) is 0.0138. The zero-order valence-electron chi connectivity index (χ0n) is 46.5. The van der Waals surface area contributed by atoms with Gasteiger partial charge in [0.05, 0.1) is 58.8 Å². The number of nitrogens with zero attached hydrogens (tertiary/aromatic N) is 8. The summed E-state index contributed by atoms with van der Waals surface area (Å²) in [6, 6.07) is 38.0. The van der Waals surface area contributed by atoms with Gasteiger partial charge in [0, 0.05) is 28.2 Å². The van der Waals surface area contributed by atoms with Gasteiger partial charge in [-0.1, -0.05) is 24.3 Å². The zero-order chi connectivity index (χ0) is 62.7. The molecule has 0 bridgehead atoms. The maximum absolute atomic E-state index is 11.5. The monoisotopic (exact) mass is 1250 g/mol. The first-order valence-corrected chi connectivity index (χ1v) is 30.7. The largest absolute Gasteiger partial charge is 0.505 e. The molecule has 6 N–H and O–H groups in total. The first kappa shape index (κ1) is 65.7. The zero-order valence-corrected chi connectivity index (χ0v) is 49.8. The molecule has 30 heteroatoms. The molecule has 26 nitrogen and oxygen atoms in total. The van der Waals surface area contributed by atoms with E-state index >= 15 is 0 Å². The van der Waals surface area contributed by atoms with Gasteiger partial charge in [0.25, 0.3) is 20.2 Å². The van der Waals surface area contributed by atoms with Crippen LogP contribution in [-0.2, 0) is 41.5 Å². The lowest BCUT2D eigenvalue weighted by Crippen LogP contribution is -2.08. The molecular formula is C56H56N10O16S4. The van der Waals surface area contributed by atoms with Crippen LogP contribution in [0.5, 0.6) is 23.0 Å². The van der Waals surface area contributed by atoms with Gasteiger partial charge in [-0.15, -0.1) is 35.5 Å². The molecule has 0 aliphatic rings. The smallest absolute Gasteiger partial charge is 0.425 e. The number of fused-ring (bicyclic) bond motifs is 2. The minimum atomic E-state index is -4.22. The Labute approximate surface area is 496 Å². The van der Waals surface area contributed by atoms with E-state index in [0.717, 1.165) is 44.1 Å². The Morgan fingerprint density at radius 1 is 0.465 bits per heavy atom. The number of aromatic hydroxyl groups is 1. The van der Waals surface area contributed by atoms with Gasteiger partial charge in [0.2, 0.25) is 0 Å². The van der Waals surface area contributed by atoms with Crippen LogP contribution in [0, 0.1) is 34.6 Å². The Morgan fingerprint density at radius 2 is 0.919 bits per heavy atom. The number of nitrogen functional groups attached to an aromatic ring is 1. The second-order valence-corrected chi connectivity index (χ2v) is 22.7. The van der Waals surface area contributed by atoms with E-state index in [9.17, 15) is 26.5 Å². The number of nitrogens with one attached hydrogen (secondary N) is 1. The van der Waals surface area contributed by atoms with Crippen LogP contribution in [0.2, 0.25) is 0 Å². The molecule has 0 fully saturated rings. The number of hydrogen-bond acceptors (Lipinski definition) is 24. The molecular weight excluding hydrogens is 1200 g/mol. The summed E-state index contributed by atoms with van der Waals surface area (Å²) in [7, 11) is -14.5. The molecule has 0 unspecified atom stereocenters. The van der Waals surface area contributed by atoms with E-state index < -0.39 is 53.0 Å². The third-order valence-electron chi connectivity index (χ3n) is 12.2. The molecule has 0 heterocycles. The maximum atomic E-state index is 11.5. The Bertz CT molecular complexity index is 4360. The minimum absolute atomic E-state index is 0.00671. The number of phenolic OH excluding ortho intramolecular Hbond substituents is 1.